The lowest BCUT2D eigenvalue weighted by molar-refractivity contribution is -0.130. The van der Waals surface area contributed by atoms with Crippen LogP contribution in [-0.2, 0) is 4.79 Å². The van der Waals surface area contributed by atoms with Crippen LogP contribution in [0.1, 0.15) is 22.3 Å². The summed E-state index contributed by atoms with van der Waals surface area (Å²) in [4.78, 5) is 11.5. The van der Waals surface area contributed by atoms with Crippen LogP contribution in [0.3, 0.4) is 0 Å². The standard InChI is InChI=1S/C17H17NO2/c1-11-6-8-13(9-7-11)15(17(19)20)10-14-5-3-4-12(2)16(14)18/h3-10H,18H2,1-2H3,(H,19,20)/b15-10+. The maximum absolute atomic E-state index is 11.5. The predicted molar refractivity (Wildman–Crippen MR) is 82.3 cm³/mol. The summed E-state index contributed by atoms with van der Waals surface area (Å²) >= 11 is 0. The minimum Gasteiger partial charge on any atom is -0.478 e. The van der Waals surface area contributed by atoms with E-state index in [0.717, 1.165) is 16.7 Å². The van der Waals surface area contributed by atoms with E-state index in [-0.39, 0.29) is 5.57 Å². The zero-order valence-corrected chi connectivity index (χ0v) is 11.6. The minimum absolute atomic E-state index is 0.238. The van der Waals surface area contributed by atoms with Gasteiger partial charge in [-0.05, 0) is 36.6 Å². The largest absolute Gasteiger partial charge is 0.478 e. The van der Waals surface area contributed by atoms with Crippen molar-refractivity contribution in [2.75, 3.05) is 5.73 Å². The van der Waals surface area contributed by atoms with E-state index >= 15 is 0 Å². The number of benzene rings is 2. The SMILES string of the molecule is Cc1ccc(/C(=C\c2cccc(C)c2N)C(=O)O)cc1. The summed E-state index contributed by atoms with van der Waals surface area (Å²) in [6, 6.07) is 13.0. The highest BCUT2D eigenvalue weighted by atomic mass is 16.4. The van der Waals surface area contributed by atoms with Crippen LogP contribution in [-0.4, -0.2) is 11.1 Å². The van der Waals surface area contributed by atoms with Crippen molar-refractivity contribution in [2.45, 2.75) is 13.8 Å². The first-order valence-electron chi connectivity index (χ1n) is 6.36. The van der Waals surface area contributed by atoms with Crippen LogP contribution in [0.25, 0.3) is 11.6 Å². The number of aryl methyl sites for hydroxylation is 2. The Morgan fingerprint density at radius 1 is 1.10 bits per heavy atom. The Labute approximate surface area is 118 Å². The van der Waals surface area contributed by atoms with E-state index in [9.17, 15) is 9.90 Å². The molecule has 0 amide bonds. The summed E-state index contributed by atoms with van der Waals surface area (Å²) in [5.74, 6) is -0.963. The molecule has 0 spiro atoms. The number of hydrogen-bond acceptors (Lipinski definition) is 2. The summed E-state index contributed by atoms with van der Waals surface area (Å²) in [5.41, 5.74) is 10.3. The first-order valence-corrected chi connectivity index (χ1v) is 6.36. The van der Waals surface area contributed by atoms with Gasteiger partial charge in [0.05, 0.1) is 5.57 Å². The first kappa shape index (κ1) is 13.9. The Balaban J connectivity index is 2.53. The third-order valence-electron chi connectivity index (χ3n) is 3.25. The Morgan fingerprint density at radius 2 is 1.75 bits per heavy atom. The molecule has 3 N–H and O–H groups in total. The van der Waals surface area contributed by atoms with Crippen LogP contribution in [0.15, 0.2) is 42.5 Å². The van der Waals surface area contributed by atoms with Crippen molar-refractivity contribution in [2.24, 2.45) is 0 Å². The van der Waals surface area contributed by atoms with E-state index in [1.807, 2.05) is 44.2 Å². The molecule has 0 aromatic heterocycles. The molecule has 3 heteroatoms. The molecular formula is C17H17NO2. The van der Waals surface area contributed by atoms with Gasteiger partial charge in [-0.15, -0.1) is 0 Å². The average Bonchev–Trinajstić information content (AvgIpc) is 2.41. The molecule has 0 saturated heterocycles. The Bertz CT molecular complexity index is 670. The van der Waals surface area contributed by atoms with Crippen LogP contribution in [0.5, 0.6) is 0 Å². The molecule has 0 aliphatic carbocycles. The minimum atomic E-state index is -0.963. The Morgan fingerprint density at radius 3 is 2.35 bits per heavy atom. The van der Waals surface area contributed by atoms with Crippen molar-refractivity contribution in [3.8, 4) is 0 Å². The molecule has 0 heterocycles. The molecule has 2 aromatic carbocycles. The van der Waals surface area contributed by atoms with Crippen molar-refractivity contribution in [1.82, 2.24) is 0 Å². The van der Waals surface area contributed by atoms with Gasteiger partial charge in [-0.25, -0.2) is 4.79 Å². The van der Waals surface area contributed by atoms with Gasteiger partial charge in [-0.3, -0.25) is 0 Å². The third-order valence-corrected chi connectivity index (χ3v) is 3.25. The van der Waals surface area contributed by atoms with Gasteiger partial charge in [0.1, 0.15) is 0 Å². The molecule has 0 radical (unpaired) electrons. The fourth-order valence-corrected chi connectivity index (χ4v) is 1.99. The summed E-state index contributed by atoms with van der Waals surface area (Å²) in [6.45, 7) is 3.87. The van der Waals surface area contributed by atoms with Crippen LogP contribution < -0.4 is 5.73 Å². The average molecular weight is 267 g/mol. The summed E-state index contributed by atoms with van der Waals surface area (Å²) in [6.07, 6.45) is 1.62. The summed E-state index contributed by atoms with van der Waals surface area (Å²) in [5, 5.41) is 9.41. The third kappa shape index (κ3) is 2.88. The molecule has 0 fully saturated rings. The zero-order chi connectivity index (χ0) is 14.7. The normalized spacial score (nSPS) is 11.4. The molecule has 2 aromatic rings. The fraction of sp³-hybridized carbons (Fsp3) is 0.118. The van der Waals surface area contributed by atoms with Gasteiger partial charge in [0.15, 0.2) is 0 Å². The molecule has 0 saturated carbocycles. The number of carboxylic acid groups (broad SMARTS) is 1. The number of carboxylic acids is 1. The summed E-state index contributed by atoms with van der Waals surface area (Å²) < 4.78 is 0. The maximum atomic E-state index is 11.5. The van der Waals surface area contributed by atoms with E-state index < -0.39 is 5.97 Å². The highest BCUT2D eigenvalue weighted by molar-refractivity contribution is 6.21. The first-order chi connectivity index (χ1) is 9.49. The van der Waals surface area contributed by atoms with Crippen LogP contribution >= 0.6 is 0 Å². The molecular weight excluding hydrogens is 250 g/mol. The molecule has 0 unspecified atom stereocenters. The van der Waals surface area contributed by atoms with E-state index in [1.165, 1.54) is 0 Å². The zero-order valence-electron chi connectivity index (χ0n) is 11.6. The van der Waals surface area contributed by atoms with Crippen molar-refractivity contribution < 1.29 is 9.90 Å². The molecule has 0 aliphatic heterocycles. The van der Waals surface area contributed by atoms with Crippen LogP contribution in [0.4, 0.5) is 5.69 Å². The maximum Gasteiger partial charge on any atom is 0.336 e. The number of nitrogens with two attached hydrogens (primary N) is 1. The van der Waals surface area contributed by atoms with Gasteiger partial charge in [0, 0.05) is 5.69 Å². The number of rotatable bonds is 3. The van der Waals surface area contributed by atoms with Gasteiger partial charge in [-0.2, -0.15) is 0 Å². The highest BCUT2D eigenvalue weighted by Gasteiger charge is 2.11. The molecule has 0 atom stereocenters. The van der Waals surface area contributed by atoms with Gasteiger partial charge < -0.3 is 10.8 Å². The van der Waals surface area contributed by atoms with Crippen molar-refractivity contribution >= 4 is 23.3 Å². The number of carbonyl (C=O) groups is 1. The topological polar surface area (TPSA) is 63.3 Å². The van der Waals surface area contributed by atoms with Crippen molar-refractivity contribution in [3.63, 3.8) is 0 Å². The predicted octanol–water partition coefficient (Wildman–Crippen LogP) is 3.51. The van der Waals surface area contributed by atoms with Crippen molar-refractivity contribution in [3.05, 3.63) is 64.7 Å². The van der Waals surface area contributed by atoms with Gasteiger partial charge in [0.25, 0.3) is 0 Å². The number of hydrogen-bond donors (Lipinski definition) is 2. The lowest BCUT2D eigenvalue weighted by Gasteiger charge is -2.07. The molecule has 20 heavy (non-hydrogen) atoms. The van der Waals surface area contributed by atoms with Crippen LogP contribution in [0.2, 0.25) is 0 Å². The fourth-order valence-electron chi connectivity index (χ4n) is 1.99. The molecule has 2 rings (SSSR count). The lowest BCUT2D eigenvalue weighted by atomic mass is 10.00. The van der Waals surface area contributed by atoms with E-state index in [4.69, 9.17) is 5.73 Å². The van der Waals surface area contributed by atoms with Gasteiger partial charge in [0.2, 0.25) is 0 Å². The summed E-state index contributed by atoms with van der Waals surface area (Å²) in [7, 11) is 0. The number of aliphatic carboxylic acids is 1. The van der Waals surface area contributed by atoms with E-state index in [0.29, 0.717) is 11.3 Å². The Hall–Kier alpha value is -2.55. The number of nitrogen functional groups attached to an aromatic ring is 1. The number of anilines is 1. The molecule has 3 nitrogen and oxygen atoms in total. The second-order valence-corrected chi connectivity index (χ2v) is 4.81. The quantitative estimate of drug-likeness (QED) is 0.508. The number of para-hydroxylation sites is 1. The van der Waals surface area contributed by atoms with Crippen molar-refractivity contribution in [1.29, 1.82) is 0 Å². The van der Waals surface area contributed by atoms with E-state index in [2.05, 4.69) is 0 Å². The van der Waals surface area contributed by atoms with Gasteiger partial charge in [-0.1, -0.05) is 48.0 Å². The van der Waals surface area contributed by atoms with Crippen LogP contribution in [0, 0.1) is 13.8 Å². The smallest absolute Gasteiger partial charge is 0.336 e. The second kappa shape index (κ2) is 5.61. The molecule has 102 valence electrons. The molecule has 0 aliphatic rings. The highest BCUT2D eigenvalue weighted by Crippen LogP contribution is 2.24. The van der Waals surface area contributed by atoms with E-state index in [1.54, 1.807) is 18.2 Å². The Kier molecular flexibility index (Phi) is 3.89. The monoisotopic (exact) mass is 267 g/mol. The lowest BCUT2D eigenvalue weighted by Crippen LogP contribution is -2.01. The molecule has 0 bridgehead atoms. The van der Waals surface area contributed by atoms with Gasteiger partial charge >= 0.3 is 5.97 Å². The second-order valence-electron chi connectivity index (χ2n) is 4.81.